The monoisotopic (exact) mass is 534 g/mol. The highest BCUT2D eigenvalue weighted by Crippen LogP contribution is 2.12. The van der Waals surface area contributed by atoms with Gasteiger partial charge in [-0.3, -0.25) is 20.2 Å². The van der Waals surface area contributed by atoms with Crippen LogP contribution < -0.4 is 10.2 Å². The van der Waals surface area contributed by atoms with Gasteiger partial charge >= 0.3 is 0 Å². The maximum atomic E-state index is 10.2. The van der Waals surface area contributed by atoms with E-state index in [-0.39, 0.29) is 22.5 Å². The summed E-state index contributed by atoms with van der Waals surface area (Å²) in [7, 11) is 13.6. The number of non-ortho nitro benzene ring substituents is 2. The third kappa shape index (κ3) is 16.7. The van der Waals surface area contributed by atoms with Gasteiger partial charge in [-0.2, -0.15) is 0 Å². The molecular formula is C26H38N4O8. The van der Waals surface area contributed by atoms with Gasteiger partial charge in [0.25, 0.3) is 11.4 Å². The highest BCUT2D eigenvalue weighted by molar-refractivity contribution is 5.86. The lowest BCUT2D eigenvalue weighted by molar-refractivity contribution is -0.871. The lowest BCUT2D eigenvalue weighted by atomic mass is 10.1. The van der Waals surface area contributed by atoms with Crippen LogP contribution in [0.1, 0.15) is 46.4 Å². The Morgan fingerprint density at radius 1 is 0.579 bits per heavy atom. The van der Waals surface area contributed by atoms with Gasteiger partial charge in [-0.1, -0.05) is 0 Å². The first-order valence-electron chi connectivity index (χ1n) is 12.0. The van der Waals surface area contributed by atoms with Crippen LogP contribution in [0.3, 0.4) is 0 Å². The molecule has 38 heavy (non-hydrogen) atoms. The van der Waals surface area contributed by atoms with Gasteiger partial charge in [0.1, 0.15) is 0 Å². The number of hydrogen-bond donors (Lipinski definition) is 0. The summed E-state index contributed by atoms with van der Waals surface area (Å²) in [5, 5.41) is 40.7. The van der Waals surface area contributed by atoms with Crippen molar-refractivity contribution in [2.24, 2.45) is 0 Å². The number of quaternary nitrogens is 2. The van der Waals surface area contributed by atoms with Crippen molar-refractivity contribution in [3.05, 3.63) is 79.9 Å². The molecule has 0 aromatic heterocycles. The van der Waals surface area contributed by atoms with Crippen molar-refractivity contribution in [2.45, 2.75) is 25.7 Å². The third-order valence-electron chi connectivity index (χ3n) is 5.04. The van der Waals surface area contributed by atoms with Crippen molar-refractivity contribution in [2.75, 3.05) is 55.4 Å². The first-order valence-corrected chi connectivity index (χ1v) is 12.0. The molecule has 0 bridgehead atoms. The molecule has 12 heteroatoms. The van der Waals surface area contributed by atoms with Gasteiger partial charge in [-0.15, -0.1) is 0 Å². The van der Waals surface area contributed by atoms with E-state index in [1.165, 1.54) is 38.8 Å². The molecule has 0 aliphatic heterocycles. The number of hydrogen-bond acceptors (Lipinski definition) is 8. The van der Waals surface area contributed by atoms with Crippen molar-refractivity contribution in [3.63, 3.8) is 0 Å². The summed E-state index contributed by atoms with van der Waals surface area (Å²) in [4.78, 5) is 39.5. The second-order valence-electron chi connectivity index (χ2n) is 10.6. The van der Waals surface area contributed by atoms with Crippen LogP contribution in [0.2, 0.25) is 0 Å². The Hall–Kier alpha value is -3.90. The number of nitrogens with zero attached hydrogens (tertiary/aromatic N) is 4. The predicted octanol–water partition coefficient (Wildman–Crippen LogP) is 1.88. The third-order valence-corrected chi connectivity index (χ3v) is 5.04. The van der Waals surface area contributed by atoms with Crippen LogP contribution in [-0.4, -0.2) is 86.1 Å². The van der Waals surface area contributed by atoms with Crippen molar-refractivity contribution in [1.29, 1.82) is 0 Å². The molecule has 0 fully saturated rings. The summed E-state index contributed by atoms with van der Waals surface area (Å²) in [6.45, 7) is 2.62. The average molecular weight is 535 g/mol. The molecule has 2 aromatic rings. The SMILES string of the molecule is C[N+](C)(C)CCCCCC[N+](C)(C)C.O=C([O-])c1ccc([N+](=O)[O-])cc1.O=C([O-])c1ccc([N+](=O)[O-])cc1. The Labute approximate surface area is 223 Å². The number of rotatable bonds is 11. The lowest BCUT2D eigenvalue weighted by Gasteiger charge is -2.25. The van der Waals surface area contributed by atoms with Crippen molar-refractivity contribution in [3.8, 4) is 0 Å². The van der Waals surface area contributed by atoms with Crippen molar-refractivity contribution >= 4 is 23.3 Å². The topological polar surface area (TPSA) is 167 Å². The van der Waals surface area contributed by atoms with Gasteiger partial charge in [0.05, 0.1) is 77.2 Å². The Kier molecular flexibility index (Phi) is 14.4. The van der Waals surface area contributed by atoms with E-state index in [1.807, 2.05) is 0 Å². The molecule has 0 radical (unpaired) electrons. The van der Waals surface area contributed by atoms with Gasteiger partial charge in [0, 0.05) is 24.3 Å². The van der Waals surface area contributed by atoms with Gasteiger partial charge in [-0.05, 0) is 61.1 Å². The number of aromatic carboxylic acids is 2. The van der Waals surface area contributed by atoms with Crippen LogP contribution in [0.4, 0.5) is 11.4 Å². The van der Waals surface area contributed by atoms with Crippen LogP contribution in [-0.2, 0) is 0 Å². The smallest absolute Gasteiger partial charge is 0.269 e. The van der Waals surface area contributed by atoms with Crippen LogP contribution in [0.25, 0.3) is 0 Å². The number of carboxylic acid groups (broad SMARTS) is 2. The number of unbranched alkanes of at least 4 members (excludes halogenated alkanes) is 3. The van der Waals surface area contributed by atoms with Crippen molar-refractivity contribution < 1.29 is 38.6 Å². The Bertz CT molecular complexity index is 889. The fourth-order valence-corrected chi connectivity index (χ4v) is 2.96. The van der Waals surface area contributed by atoms with Crippen LogP contribution >= 0.6 is 0 Å². The molecule has 0 aliphatic carbocycles. The highest BCUT2D eigenvalue weighted by Gasteiger charge is 2.08. The van der Waals surface area contributed by atoms with Crippen molar-refractivity contribution in [1.82, 2.24) is 0 Å². The molecule has 0 atom stereocenters. The normalized spacial score (nSPS) is 10.8. The van der Waals surface area contributed by atoms with E-state index in [2.05, 4.69) is 42.3 Å². The fraction of sp³-hybridized carbons (Fsp3) is 0.462. The van der Waals surface area contributed by atoms with Crippen LogP contribution in [0, 0.1) is 20.2 Å². The Morgan fingerprint density at radius 3 is 1.03 bits per heavy atom. The molecule has 0 unspecified atom stereocenters. The number of carbonyl (C=O) groups is 2. The van der Waals surface area contributed by atoms with Gasteiger partial charge in [0.2, 0.25) is 0 Å². The van der Waals surface area contributed by atoms with Gasteiger partial charge in [-0.25, -0.2) is 0 Å². The number of nitro groups is 2. The van der Waals surface area contributed by atoms with Crippen LogP contribution in [0.15, 0.2) is 48.5 Å². The zero-order valence-electron chi connectivity index (χ0n) is 22.9. The molecule has 0 saturated heterocycles. The first kappa shape index (κ1) is 34.1. The zero-order chi connectivity index (χ0) is 29.5. The zero-order valence-corrected chi connectivity index (χ0v) is 22.9. The minimum atomic E-state index is -1.34. The van der Waals surface area contributed by atoms with E-state index < -0.39 is 21.8 Å². The van der Waals surface area contributed by atoms with Crippen LogP contribution in [0.5, 0.6) is 0 Å². The van der Waals surface area contributed by atoms with E-state index >= 15 is 0 Å². The minimum absolute atomic E-state index is 0.0689. The Balaban J connectivity index is 0.000000542. The fourth-order valence-electron chi connectivity index (χ4n) is 2.96. The van der Waals surface area contributed by atoms with Gasteiger partial charge in [0.15, 0.2) is 0 Å². The average Bonchev–Trinajstić information content (AvgIpc) is 2.81. The minimum Gasteiger partial charge on any atom is -0.545 e. The van der Waals surface area contributed by atoms with E-state index in [0.29, 0.717) is 0 Å². The number of carboxylic acids is 2. The molecule has 12 nitrogen and oxygen atoms in total. The van der Waals surface area contributed by atoms with E-state index in [0.717, 1.165) is 57.5 Å². The largest absolute Gasteiger partial charge is 0.545 e. The van der Waals surface area contributed by atoms with E-state index in [4.69, 9.17) is 0 Å². The maximum Gasteiger partial charge on any atom is 0.269 e. The maximum absolute atomic E-state index is 10.2. The summed E-state index contributed by atoms with van der Waals surface area (Å²) in [5.74, 6) is -2.69. The molecular weight excluding hydrogens is 496 g/mol. The quantitative estimate of drug-likeness (QED) is 0.182. The molecule has 2 rings (SSSR count). The predicted molar refractivity (Wildman–Crippen MR) is 139 cm³/mol. The number of benzene rings is 2. The first-order chi connectivity index (χ1) is 17.4. The van der Waals surface area contributed by atoms with E-state index in [9.17, 15) is 40.0 Å². The molecule has 2 aromatic carbocycles. The Morgan fingerprint density at radius 2 is 0.842 bits per heavy atom. The lowest BCUT2D eigenvalue weighted by Crippen LogP contribution is -2.35. The molecule has 0 amide bonds. The number of nitro benzene ring substituents is 2. The summed E-state index contributed by atoms with van der Waals surface area (Å²) < 4.78 is 2.21. The van der Waals surface area contributed by atoms with E-state index in [1.54, 1.807) is 0 Å². The second-order valence-corrected chi connectivity index (χ2v) is 10.6. The molecule has 0 saturated carbocycles. The summed E-state index contributed by atoms with van der Waals surface area (Å²) >= 11 is 0. The summed E-state index contributed by atoms with van der Waals surface area (Å²) in [6.07, 6.45) is 5.55. The summed E-state index contributed by atoms with van der Waals surface area (Å²) in [6, 6.07) is 8.99. The molecule has 0 spiro atoms. The standard InChI is InChI=1S/C12H30N2.2C7H5NO4/c1-13(2,3)11-9-7-8-10-12-14(4,5)6;2*9-7(10)5-1-3-6(4-2-5)8(11)12/h7-12H2,1-6H3;2*1-4H,(H,9,10)/q+2;;/p-2. The number of carbonyl (C=O) groups excluding carboxylic acids is 2. The summed E-state index contributed by atoms with van der Waals surface area (Å²) in [5.41, 5.74) is -0.416. The second kappa shape index (κ2) is 16.0. The molecule has 210 valence electrons. The molecule has 0 N–H and O–H groups in total. The molecule has 0 aliphatic rings. The molecule has 0 heterocycles. The van der Waals surface area contributed by atoms with Gasteiger partial charge < -0.3 is 28.8 Å². The highest BCUT2D eigenvalue weighted by atomic mass is 16.6.